The summed E-state index contributed by atoms with van der Waals surface area (Å²) in [6, 6.07) is 7.60. The molecule has 1 aromatic carbocycles. The highest BCUT2D eigenvalue weighted by Gasteiger charge is 2.26. The van der Waals surface area contributed by atoms with Gasteiger partial charge in [0.25, 0.3) is 0 Å². The molecule has 0 saturated heterocycles. The Labute approximate surface area is 147 Å². The van der Waals surface area contributed by atoms with Crippen LogP contribution in [0.1, 0.15) is 31.4 Å². The molecule has 1 aliphatic rings. The van der Waals surface area contributed by atoms with Gasteiger partial charge in [0.15, 0.2) is 0 Å². The Bertz CT molecular complexity index is 720. The molecule has 1 aromatic heterocycles. The SMILES string of the molecule is Cc1cnc(-c2cccc(NC(=O)N(C)C3CCC(CO)CC3)c2)o1. The van der Waals surface area contributed by atoms with Gasteiger partial charge in [0.2, 0.25) is 5.89 Å². The fraction of sp³-hybridized carbons (Fsp3) is 0.474. The van der Waals surface area contributed by atoms with Crippen LogP contribution in [0.4, 0.5) is 10.5 Å². The molecule has 2 N–H and O–H groups in total. The van der Waals surface area contributed by atoms with Gasteiger partial charge in [-0.1, -0.05) is 6.07 Å². The van der Waals surface area contributed by atoms with Gasteiger partial charge in [-0.05, 0) is 56.7 Å². The quantitative estimate of drug-likeness (QED) is 0.888. The fourth-order valence-electron chi connectivity index (χ4n) is 3.31. The van der Waals surface area contributed by atoms with Crippen molar-refractivity contribution in [1.29, 1.82) is 0 Å². The van der Waals surface area contributed by atoms with Crippen LogP contribution < -0.4 is 5.32 Å². The highest BCUT2D eigenvalue weighted by molar-refractivity contribution is 5.90. The lowest BCUT2D eigenvalue weighted by molar-refractivity contribution is 0.139. The van der Waals surface area contributed by atoms with Crippen molar-refractivity contribution in [2.24, 2.45) is 5.92 Å². The molecule has 2 aromatic rings. The topological polar surface area (TPSA) is 78.6 Å². The molecule has 1 saturated carbocycles. The van der Waals surface area contributed by atoms with Crippen molar-refractivity contribution in [2.45, 2.75) is 38.6 Å². The third kappa shape index (κ3) is 4.20. The molecule has 3 rings (SSSR count). The predicted octanol–water partition coefficient (Wildman–Crippen LogP) is 3.66. The second-order valence-corrected chi connectivity index (χ2v) is 6.76. The second-order valence-electron chi connectivity index (χ2n) is 6.76. The Kier molecular flexibility index (Phi) is 5.38. The number of aromatic nitrogens is 1. The van der Waals surface area contributed by atoms with E-state index in [1.54, 1.807) is 11.1 Å². The van der Waals surface area contributed by atoms with E-state index in [4.69, 9.17) is 4.42 Å². The van der Waals surface area contributed by atoms with Crippen molar-refractivity contribution in [3.8, 4) is 11.5 Å². The zero-order chi connectivity index (χ0) is 17.8. The van der Waals surface area contributed by atoms with Crippen LogP contribution >= 0.6 is 0 Å². The molecule has 134 valence electrons. The Hall–Kier alpha value is -2.34. The number of hydrogen-bond donors (Lipinski definition) is 2. The van der Waals surface area contributed by atoms with Crippen LogP contribution in [-0.4, -0.2) is 40.7 Å². The molecule has 0 bridgehead atoms. The molecule has 0 spiro atoms. The standard InChI is InChI=1S/C19H25N3O3/c1-13-11-20-18(25-13)15-4-3-5-16(10-15)21-19(24)22(2)17-8-6-14(12-23)7-9-17/h3-5,10-11,14,17,23H,6-9,12H2,1-2H3,(H,21,24). The monoisotopic (exact) mass is 343 g/mol. The predicted molar refractivity (Wildman–Crippen MR) is 96.3 cm³/mol. The van der Waals surface area contributed by atoms with Crippen molar-refractivity contribution in [1.82, 2.24) is 9.88 Å². The average Bonchev–Trinajstić information content (AvgIpc) is 3.08. The first-order valence-electron chi connectivity index (χ1n) is 8.74. The molecule has 0 unspecified atom stereocenters. The van der Waals surface area contributed by atoms with E-state index in [9.17, 15) is 9.90 Å². The maximum absolute atomic E-state index is 12.5. The van der Waals surface area contributed by atoms with Gasteiger partial charge in [0.1, 0.15) is 5.76 Å². The molecule has 0 aliphatic heterocycles. The van der Waals surface area contributed by atoms with E-state index < -0.39 is 0 Å². The van der Waals surface area contributed by atoms with Gasteiger partial charge in [0.05, 0.1) is 6.20 Å². The summed E-state index contributed by atoms with van der Waals surface area (Å²) in [6.45, 7) is 2.10. The number of oxazole rings is 1. The Morgan fingerprint density at radius 1 is 1.36 bits per heavy atom. The number of carbonyl (C=O) groups is 1. The van der Waals surface area contributed by atoms with E-state index in [0.29, 0.717) is 17.5 Å². The van der Waals surface area contributed by atoms with E-state index in [1.165, 1.54) is 0 Å². The van der Waals surface area contributed by atoms with E-state index in [-0.39, 0.29) is 18.7 Å². The molecule has 1 aliphatic carbocycles. The first-order chi connectivity index (χ1) is 12.1. The van der Waals surface area contributed by atoms with Crippen LogP contribution in [0.25, 0.3) is 11.5 Å². The second kappa shape index (κ2) is 7.70. The zero-order valence-corrected chi connectivity index (χ0v) is 14.7. The number of aryl methyl sites for hydroxylation is 1. The lowest BCUT2D eigenvalue weighted by Gasteiger charge is -2.34. The largest absolute Gasteiger partial charge is 0.441 e. The smallest absolute Gasteiger partial charge is 0.321 e. The average molecular weight is 343 g/mol. The van der Waals surface area contributed by atoms with Crippen LogP contribution in [0.5, 0.6) is 0 Å². The van der Waals surface area contributed by atoms with Crippen molar-refractivity contribution in [3.63, 3.8) is 0 Å². The Morgan fingerprint density at radius 2 is 2.12 bits per heavy atom. The lowest BCUT2D eigenvalue weighted by atomic mass is 9.86. The maximum atomic E-state index is 12.5. The minimum atomic E-state index is -0.117. The first kappa shape index (κ1) is 17.5. The van der Waals surface area contributed by atoms with Gasteiger partial charge in [-0.25, -0.2) is 9.78 Å². The molecular formula is C19H25N3O3. The summed E-state index contributed by atoms with van der Waals surface area (Å²) < 4.78 is 5.54. The fourth-order valence-corrected chi connectivity index (χ4v) is 3.31. The number of hydrogen-bond acceptors (Lipinski definition) is 4. The molecule has 1 heterocycles. The number of urea groups is 1. The minimum Gasteiger partial charge on any atom is -0.441 e. The number of anilines is 1. The maximum Gasteiger partial charge on any atom is 0.321 e. The summed E-state index contributed by atoms with van der Waals surface area (Å²) in [5.41, 5.74) is 1.55. The van der Waals surface area contributed by atoms with Gasteiger partial charge >= 0.3 is 6.03 Å². The number of carbonyl (C=O) groups excluding carboxylic acids is 1. The van der Waals surface area contributed by atoms with Crippen molar-refractivity contribution in [3.05, 3.63) is 36.2 Å². The third-order valence-electron chi connectivity index (χ3n) is 4.92. The number of benzene rings is 1. The molecule has 6 nitrogen and oxygen atoms in total. The van der Waals surface area contributed by atoms with Gasteiger partial charge in [-0.2, -0.15) is 0 Å². The van der Waals surface area contributed by atoms with Crippen LogP contribution in [-0.2, 0) is 0 Å². The molecule has 1 fully saturated rings. The summed E-state index contributed by atoms with van der Waals surface area (Å²) in [7, 11) is 1.83. The van der Waals surface area contributed by atoms with Crippen LogP contribution in [0, 0.1) is 12.8 Å². The van der Waals surface area contributed by atoms with Crippen LogP contribution in [0.15, 0.2) is 34.9 Å². The number of rotatable bonds is 4. The van der Waals surface area contributed by atoms with Crippen molar-refractivity contribution >= 4 is 11.7 Å². The number of nitrogens with zero attached hydrogens (tertiary/aromatic N) is 2. The summed E-state index contributed by atoms with van der Waals surface area (Å²) in [5, 5.41) is 12.2. The first-order valence-corrected chi connectivity index (χ1v) is 8.74. The molecule has 0 atom stereocenters. The van der Waals surface area contributed by atoms with E-state index in [1.807, 2.05) is 38.2 Å². The third-order valence-corrected chi connectivity index (χ3v) is 4.92. The zero-order valence-electron chi connectivity index (χ0n) is 14.7. The summed E-state index contributed by atoms with van der Waals surface area (Å²) in [4.78, 5) is 18.5. The van der Waals surface area contributed by atoms with Crippen molar-refractivity contribution in [2.75, 3.05) is 19.0 Å². The number of aliphatic hydroxyl groups excluding tert-OH is 1. The summed E-state index contributed by atoms with van der Waals surface area (Å²) in [6.07, 6.45) is 5.49. The molecular weight excluding hydrogens is 318 g/mol. The van der Waals surface area contributed by atoms with Gasteiger partial charge in [0, 0.05) is 30.9 Å². The van der Waals surface area contributed by atoms with Gasteiger partial charge in [-0.3, -0.25) is 0 Å². The van der Waals surface area contributed by atoms with Crippen LogP contribution in [0.3, 0.4) is 0 Å². The molecule has 2 amide bonds. The highest BCUT2D eigenvalue weighted by atomic mass is 16.4. The van der Waals surface area contributed by atoms with Gasteiger partial charge < -0.3 is 19.7 Å². The number of aliphatic hydroxyl groups is 1. The summed E-state index contributed by atoms with van der Waals surface area (Å²) in [5.74, 6) is 1.68. The Balaban J connectivity index is 1.63. The minimum absolute atomic E-state index is 0.117. The van der Waals surface area contributed by atoms with Crippen molar-refractivity contribution < 1.29 is 14.3 Å². The molecule has 25 heavy (non-hydrogen) atoms. The molecule has 6 heteroatoms. The van der Waals surface area contributed by atoms with Crippen LogP contribution in [0.2, 0.25) is 0 Å². The molecule has 0 radical (unpaired) electrons. The Morgan fingerprint density at radius 3 is 2.76 bits per heavy atom. The lowest BCUT2D eigenvalue weighted by Crippen LogP contribution is -2.42. The van der Waals surface area contributed by atoms with E-state index in [0.717, 1.165) is 37.0 Å². The highest BCUT2D eigenvalue weighted by Crippen LogP contribution is 2.27. The van der Waals surface area contributed by atoms with E-state index >= 15 is 0 Å². The number of amides is 2. The normalized spacial score (nSPS) is 20.3. The van der Waals surface area contributed by atoms with E-state index in [2.05, 4.69) is 10.3 Å². The van der Waals surface area contributed by atoms with Gasteiger partial charge in [-0.15, -0.1) is 0 Å². The number of nitrogens with one attached hydrogen (secondary N) is 1. The summed E-state index contributed by atoms with van der Waals surface area (Å²) >= 11 is 0.